The van der Waals surface area contributed by atoms with E-state index in [0.717, 1.165) is 23.6 Å². The topological polar surface area (TPSA) is 95.6 Å². The maximum atomic E-state index is 12.6. The molecule has 0 bridgehead atoms. The second-order valence-electron chi connectivity index (χ2n) is 7.07. The van der Waals surface area contributed by atoms with Crippen LogP contribution in [0.2, 0.25) is 0 Å². The van der Waals surface area contributed by atoms with Gasteiger partial charge in [-0.2, -0.15) is 12.7 Å². The molecule has 0 aliphatic heterocycles. The van der Waals surface area contributed by atoms with Crippen LogP contribution in [0, 0.1) is 11.8 Å². The summed E-state index contributed by atoms with van der Waals surface area (Å²) in [7, 11) is -4.37. The van der Waals surface area contributed by atoms with E-state index in [9.17, 15) is 16.8 Å². The Morgan fingerprint density at radius 3 is 2.28 bits per heavy atom. The minimum atomic E-state index is -3.61. The molecule has 3 rings (SSSR count). The minimum absolute atomic E-state index is 0.0180. The molecule has 25 heavy (non-hydrogen) atoms. The maximum absolute atomic E-state index is 12.6. The molecule has 3 atom stereocenters. The lowest BCUT2D eigenvalue weighted by Gasteiger charge is -2.20. The molecule has 9 heteroatoms. The molecule has 0 spiro atoms. The lowest BCUT2D eigenvalue weighted by Crippen LogP contribution is -2.37. The Hall–Kier alpha value is -1.16. The molecule has 2 aliphatic carbocycles. The van der Waals surface area contributed by atoms with Gasteiger partial charge in [-0.05, 0) is 55.4 Å². The number of nitrogens with one attached hydrogen (secondary N) is 2. The van der Waals surface area contributed by atoms with Gasteiger partial charge in [-0.1, -0.05) is 12.8 Å². The van der Waals surface area contributed by atoms with E-state index < -0.39 is 20.2 Å². The Labute approximate surface area is 150 Å². The van der Waals surface area contributed by atoms with Crippen molar-refractivity contribution in [1.82, 2.24) is 9.03 Å². The normalized spacial score (nSPS) is 26.8. The fourth-order valence-electron chi connectivity index (χ4n) is 3.92. The summed E-state index contributed by atoms with van der Waals surface area (Å²) in [5.74, 6) is 1.12. The number of nitrogens with zero attached hydrogens (tertiary/aromatic N) is 1. The summed E-state index contributed by atoms with van der Waals surface area (Å²) in [4.78, 5) is 0.154. The van der Waals surface area contributed by atoms with Crippen LogP contribution in [0.4, 0.5) is 5.69 Å². The van der Waals surface area contributed by atoms with E-state index in [0.29, 0.717) is 17.5 Å². The molecule has 0 saturated heterocycles. The summed E-state index contributed by atoms with van der Waals surface area (Å²) in [6, 6.07) is 5.79. The third-order valence-electron chi connectivity index (χ3n) is 5.28. The Bertz CT molecular complexity index is 819. The maximum Gasteiger partial charge on any atom is 0.301 e. The average molecular weight is 388 g/mol. The molecule has 2 aliphatic rings. The first kappa shape index (κ1) is 18.6. The fraction of sp³-hybridized carbons (Fsp3) is 0.625. The summed E-state index contributed by atoms with van der Waals surface area (Å²) in [5, 5.41) is 0. The number of fused-ring (bicyclic) bond motifs is 1. The average Bonchev–Trinajstić information content (AvgIpc) is 3.12. The molecule has 0 radical (unpaired) electrons. The smallest absolute Gasteiger partial charge is 0.271 e. The van der Waals surface area contributed by atoms with E-state index in [-0.39, 0.29) is 10.9 Å². The zero-order valence-electron chi connectivity index (χ0n) is 14.5. The van der Waals surface area contributed by atoms with Gasteiger partial charge in [-0.25, -0.2) is 13.1 Å². The van der Waals surface area contributed by atoms with Crippen LogP contribution in [0.3, 0.4) is 0 Å². The van der Waals surface area contributed by atoms with E-state index >= 15 is 0 Å². The van der Waals surface area contributed by atoms with E-state index in [1.807, 2.05) is 0 Å². The van der Waals surface area contributed by atoms with Gasteiger partial charge in [0.05, 0.1) is 4.90 Å². The zero-order valence-corrected chi connectivity index (χ0v) is 16.1. The summed E-state index contributed by atoms with van der Waals surface area (Å²) < 4.78 is 55.1. The first-order valence-corrected chi connectivity index (χ1v) is 11.4. The Morgan fingerprint density at radius 1 is 0.960 bits per heavy atom. The second-order valence-corrected chi connectivity index (χ2v) is 10.7. The SMILES string of the molecule is CN(C)S(=O)(=O)Nc1ccc(S(=O)(=O)N[C@H]2CC[C@@H]3CCC[C@@H]32)cc1. The van der Waals surface area contributed by atoms with Crippen LogP contribution in [0.1, 0.15) is 32.1 Å². The molecular formula is C16H25N3O4S2. The summed E-state index contributed by atoms with van der Waals surface area (Å²) in [6.07, 6.45) is 5.50. The predicted molar refractivity (Wildman–Crippen MR) is 96.8 cm³/mol. The van der Waals surface area contributed by atoms with Gasteiger partial charge in [0.15, 0.2) is 0 Å². The Kier molecular flexibility index (Phi) is 5.11. The molecule has 2 N–H and O–H groups in total. The number of anilines is 1. The number of sulfonamides is 1. The van der Waals surface area contributed by atoms with E-state index in [1.54, 1.807) is 0 Å². The highest BCUT2D eigenvalue weighted by Gasteiger charge is 2.40. The Balaban J connectivity index is 1.70. The predicted octanol–water partition coefficient (Wildman–Crippen LogP) is 1.76. The fourth-order valence-corrected chi connectivity index (χ4v) is 5.86. The number of hydrogen-bond acceptors (Lipinski definition) is 4. The van der Waals surface area contributed by atoms with Gasteiger partial charge in [-0.3, -0.25) is 4.72 Å². The second kappa shape index (κ2) is 6.86. The van der Waals surface area contributed by atoms with Gasteiger partial charge in [0, 0.05) is 25.8 Å². The van der Waals surface area contributed by atoms with Crippen molar-refractivity contribution in [3.63, 3.8) is 0 Å². The van der Waals surface area contributed by atoms with Crippen LogP contribution in [0.15, 0.2) is 29.2 Å². The Morgan fingerprint density at radius 2 is 1.64 bits per heavy atom. The van der Waals surface area contributed by atoms with Gasteiger partial charge in [0.1, 0.15) is 0 Å². The number of rotatable bonds is 6. The molecular weight excluding hydrogens is 362 g/mol. The van der Waals surface area contributed by atoms with Crippen molar-refractivity contribution in [2.45, 2.75) is 43.0 Å². The molecule has 1 aromatic rings. The van der Waals surface area contributed by atoms with Crippen molar-refractivity contribution < 1.29 is 16.8 Å². The summed E-state index contributed by atoms with van der Waals surface area (Å²) in [6.45, 7) is 0. The quantitative estimate of drug-likeness (QED) is 0.777. The van der Waals surface area contributed by atoms with Gasteiger partial charge in [0.2, 0.25) is 10.0 Å². The van der Waals surface area contributed by atoms with Crippen LogP contribution in [-0.2, 0) is 20.2 Å². The molecule has 0 heterocycles. The van der Waals surface area contributed by atoms with E-state index in [4.69, 9.17) is 0 Å². The largest absolute Gasteiger partial charge is 0.301 e. The highest BCUT2D eigenvalue weighted by molar-refractivity contribution is 7.90. The summed E-state index contributed by atoms with van der Waals surface area (Å²) >= 11 is 0. The third kappa shape index (κ3) is 3.99. The van der Waals surface area contributed by atoms with Crippen molar-refractivity contribution in [2.75, 3.05) is 18.8 Å². The van der Waals surface area contributed by atoms with Crippen LogP contribution in [-0.4, -0.2) is 41.3 Å². The van der Waals surface area contributed by atoms with Crippen LogP contribution < -0.4 is 9.44 Å². The van der Waals surface area contributed by atoms with Gasteiger partial charge in [0.25, 0.3) is 0 Å². The molecule has 0 aromatic heterocycles. The standard InChI is InChI=1S/C16H25N3O4S2/c1-19(2)25(22,23)17-13-7-9-14(10-8-13)24(20,21)18-16-11-6-12-4-3-5-15(12)16/h7-10,12,15-18H,3-6,11H2,1-2H3/t12-,15-,16-/m0/s1. The number of benzene rings is 1. The van der Waals surface area contributed by atoms with Crippen LogP contribution in [0.25, 0.3) is 0 Å². The molecule has 1 aromatic carbocycles. The lowest BCUT2D eigenvalue weighted by atomic mass is 9.98. The third-order valence-corrected chi connectivity index (χ3v) is 8.24. The molecule has 140 valence electrons. The first-order valence-electron chi connectivity index (χ1n) is 8.52. The molecule has 0 amide bonds. The molecule has 7 nitrogen and oxygen atoms in total. The van der Waals surface area contributed by atoms with Crippen molar-refractivity contribution in [1.29, 1.82) is 0 Å². The van der Waals surface area contributed by atoms with Gasteiger partial charge in [-0.15, -0.1) is 0 Å². The monoisotopic (exact) mass is 387 g/mol. The van der Waals surface area contributed by atoms with Crippen molar-refractivity contribution in [2.24, 2.45) is 11.8 Å². The van der Waals surface area contributed by atoms with Crippen LogP contribution >= 0.6 is 0 Å². The molecule has 0 unspecified atom stereocenters. The highest BCUT2D eigenvalue weighted by atomic mass is 32.2. The zero-order chi connectivity index (χ0) is 18.2. The summed E-state index contributed by atoms with van der Waals surface area (Å²) in [5.41, 5.74) is 0.323. The van der Waals surface area contributed by atoms with Gasteiger partial charge < -0.3 is 0 Å². The first-order chi connectivity index (χ1) is 11.7. The number of hydrogen-bond donors (Lipinski definition) is 2. The molecule has 2 fully saturated rings. The van der Waals surface area contributed by atoms with Crippen LogP contribution in [0.5, 0.6) is 0 Å². The van der Waals surface area contributed by atoms with Crippen molar-refractivity contribution in [3.8, 4) is 0 Å². The van der Waals surface area contributed by atoms with E-state index in [2.05, 4.69) is 9.44 Å². The van der Waals surface area contributed by atoms with E-state index in [1.165, 1.54) is 51.2 Å². The lowest BCUT2D eigenvalue weighted by molar-refractivity contribution is 0.400. The minimum Gasteiger partial charge on any atom is -0.271 e. The van der Waals surface area contributed by atoms with Gasteiger partial charge >= 0.3 is 10.2 Å². The highest BCUT2D eigenvalue weighted by Crippen LogP contribution is 2.44. The van der Waals surface area contributed by atoms with Crippen molar-refractivity contribution in [3.05, 3.63) is 24.3 Å². The molecule has 2 saturated carbocycles. The van der Waals surface area contributed by atoms with Crippen molar-refractivity contribution >= 4 is 25.9 Å².